The average Bonchev–Trinajstić information content (AvgIpc) is 3.44. The van der Waals surface area contributed by atoms with Crippen LogP contribution in [0.3, 0.4) is 0 Å². The molecular formula is C27H47BrN5O6P. The number of nitrogens with zero attached hydrogens (tertiary/aromatic N) is 3. The molecule has 228 valence electrons. The monoisotopic (exact) mass is 647 g/mol. The van der Waals surface area contributed by atoms with E-state index in [2.05, 4.69) is 51.7 Å². The van der Waals surface area contributed by atoms with Crippen LogP contribution in [0.4, 0.5) is 5.95 Å². The molecule has 1 saturated heterocycles. The second kappa shape index (κ2) is 15.8. The molecular weight excluding hydrogens is 601 g/mol. The highest BCUT2D eigenvalue weighted by atomic mass is 79.9. The molecule has 3 heterocycles. The molecule has 0 aliphatic carbocycles. The Morgan fingerprint density at radius 2 is 1.85 bits per heavy atom. The Balaban J connectivity index is 1.84. The van der Waals surface area contributed by atoms with Gasteiger partial charge in [-0.2, -0.15) is 4.98 Å². The molecule has 0 saturated carbocycles. The van der Waals surface area contributed by atoms with E-state index in [1.807, 2.05) is 6.92 Å². The summed E-state index contributed by atoms with van der Waals surface area (Å²) in [4.78, 5) is 34.7. The molecule has 0 aromatic carbocycles. The topological polar surface area (TPSA) is 155 Å². The number of unbranched alkanes of at least 4 members (excludes halogenated alkanes) is 4. The molecule has 2 aromatic rings. The van der Waals surface area contributed by atoms with Crippen LogP contribution in [-0.2, 0) is 18.6 Å². The molecule has 0 bridgehead atoms. The number of halogens is 1. The summed E-state index contributed by atoms with van der Waals surface area (Å²) >= 11 is 3.43. The quantitative estimate of drug-likeness (QED) is 0.0940. The molecule has 6 atom stereocenters. The predicted molar refractivity (Wildman–Crippen MR) is 160 cm³/mol. The summed E-state index contributed by atoms with van der Waals surface area (Å²) in [6.07, 6.45) is 8.64. The van der Waals surface area contributed by atoms with Crippen molar-refractivity contribution in [2.24, 2.45) is 0 Å². The van der Waals surface area contributed by atoms with Crippen LogP contribution in [0, 0.1) is 0 Å². The predicted octanol–water partition coefficient (Wildman–Crippen LogP) is 6.45. The van der Waals surface area contributed by atoms with Crippen LogP contribution in [0.15, 0.2) is 9.53 Å². The van der Waals surface area contributed by atoms with Crippen LogP contribution in [-0.4, -0.2) is 55.0 Å². The number of anilines is 1. The van der Waals surface area contributed by atoms with Gasteiger partial charge in [-0.25, -0.2) is 4.98 Å². The molecule has 11 nitrogen and oxygen atoms in total. The van der Waals surface area contributed by atoms with Gasteiger partial charge in [-0.15, -0.1) is 0 Å². The highest BCUT2D eigenvalue weighted by molar-refractivity contribution is 9.10. The van der Waals surface area contributed by atoms with Gasteiger partial charge in [0.05, 0.1) is 24.5 Å². The van der Waals surface area contributed by atoms with E-state index in [-0.39, 0.29) is 36.2 Å². The Morgan fingerprint density at radius 3 is 2.52 bits per heavy atom. The number of nitrogen functional groups attached to an aromatic ring is 1. The molecule has 40 heavy (non-hydrogen) atoms. The lowest BCUT2D eigenvalue weighted by molar-refractivity contribution is -0.0789. The minimum absolute atomic E-state index is 0.0385. The summed E-state index contributed by atoms with van der Waals surface area (Å²) in [6, 6.07) is 0. The summed E-state index contributed by atoms with van der Waals surface area (Å²) in [7, 11) is -3.97. The molecule has 0 radical (unpaired) electrons. The van der Waals surface area contributed by atoms with E-state index in [0.29, 0.717) is 17.6 Å². The van der Waals surface area contributed by atoms with Crippen molar-refractivity contribution < 1.29 is 23.5 Å². The third-order valence-electron chi connectivity index (χ3n) is 7.57. The molecule has 1 aliphatic rings. The number of aromatic amines is 1. The van der Waals surface area contributed by atoms with Gasteiger partial charge in [-0.1, -0.05) is 72.6 Å². The fourth-order valence-corrected chi connectivity index (χ4v) is 7.82. The van der Waals surface area contributed by atoms with Crippen LogP contribution in [0.1, 0.15) is 111 Å². The van der Waals surface area contributed by atoms with E-state index < -0.39 is 37.2 Å². The summed E-state index contributed by atoms with van der Waals surface area (Å²) in [5.74, 6) is -0.0385. The maximum absolute atomic E-state index is 13.7. The number of imidazole rings is 1. The molecule has 0 amide bonds. The zero-order valence-corrected chi connectivity index (χ0v) is 26.8. The minimum Gasteiger partial charge on any atom is -0.375 e. The van der Waals surface area contributed by atoms with Gasteiger partial charge in [0.2, 0.25) is 5.95 Å². The van der Waals surface area contributed by atoms with E-state index in [4.69, 9.17) is 19.7 Å². The van der Waals surface area contributed by atoms with Crippen molar-refractivity contribution in [2.75, 3.05) is 12.3 Å². The van der Waals surface area contributed by atoms with Crippen LogP contribution in [0.2, 0.25) is 0 Å². The molecule has 4 N–H and O–H groups in total. The number of rotatable bonds is 18. The standard InChI is InChI=1S/C27H47BrN5O6P/c1-5-9-10-11-12-15-19(14-7-3)40(35,36)39-20-16-22(38-21(20)17-37-18(8-4)13-6-2)33-24-23(30-26(33)28)25(34)32-27(29)31-24/h18-22H,5-17H2,1-4H3,(H,35,36)(H3,29,31,32,34)/t18?,19?,20-,21?,22-/m1/s1. The van der Waals surface area contributed by atoms with E-state index in [1.165, 1.54) is 6.42 Å². The van der Waals surface area contributed by atoms with Crippen molar-refractivity contribution in [3.8, 4) is 0 Å². The minimum atomic E-state index is -3.97. The fourth-order valence-electron chi connectivity index (χ4n) is 5.37. The summed E-state index contributed by atoms with van der Waals surface area (Å²) in [6.45, 7) is 8.60. The Hall–Kier alpha value is -1.30. The largest absolute Gasteiger partial charge is 0.375 e. The Labute approximate surface area is 245 Å². The number of nitrogens with one attached hydrogen (secondary N) is 1. The Morgan fingerprint density at radius 1 is 1.12 bits per heavy atom. The Bertz CT molecular complexity index is 1180. The number of nitrogens with two attached hydrogens (primary N) is 1. The van der Waals surface area contributed by atoms with Gasteiger partial charge in [0.1, 0.15) is 12.3 Å². The molecule has 1 fully saturated rings. The normalized spacial score (nSPS) is 22.5. The van der Waals surface area contributed by atoms with E-state index in [9.17, 15) is 14.3 Å². The first-order valence-electron chi connectivity index (χ1n) is 14.9. The summed E-state index contributed by atoms with van der Waals surface area (Å²) in [5.41, 5.74) is 5.31. The van der Waals surface area contributed by atoms with Crippen LogP contribution >= 0.6 is 23.5 Å². The van der Waals surface area contributed by atoms with Crippen molar-refractivity contribution in [2.45, 2.75) is 135 Å². The third-order valence-corrected chi connectivity index (χ3v) is 10.1. The first-order valence-corrected chi connectivity index (χ1v) is 17.3. The number of H-pyrrole nitrogens is 1. The van der Waals surface area contributed by atoms with Gasteiger partial charge < -0.3 is 24.6 Å². The second-order valence-corrected chi connectivity index (χ2v) is 13.5. The Kier molecular flexibility index (Phi) is 13.1. The zero-order valence-electron chi connectivity index (χ0n) is 24.3. The summed E-state index contributed by atoms with van der Waals surface area (Å²) < 4.78 is 34.4. The highest BCUT2D eigenvalue weighted by Gasteiger charge is 2.44. The van der Waals surface area contributed by atoms with Gasteiger partial charge >= 0.3 is 7.60 Å². The molecule has 0 spiro atoms. The molecule has 4 unspecified atom stereocenters. The van der Waals surface area contributed by atoms with Crippen molar-refractivity contribution >= 4 is 40.6 Å². The number of aromatic nitrogens is 4. The first kappa shape index (κ1) is 33.2. The fraction of sp³-hybridized carbons (Fsp3) is 0.815. The van der Waals surface area contributed by atoms with Gasteiger partial charge in [0, 0.05) is 6.42 Å². The van der Waals surface area contributed by atoms with E-state index >= 15 is 0 Å². The highest BCUT2D eigenvalue weighted by Crippen LogP contribution is 2.54. The molecule has 3 rings (SSSR count). The number of ether oxygens (including phenoxy) is 2. The second-order valence-electron chi connectivity index (χ2n) is 10.7. The maximum Gasteiger partial charge on any atom is 0.331 e. The number of fused-ring (bicyclic) bond motifs is 1. The van der Waals surface area contributed by atoms with Crippen LogP contribution < -0.4 is 11.3 Å². The lowest BCUT2D eigenvalue weighted by Crippen LogP contribution is -2.31. The van der Waals surface area contributed by atoms with Gasteiger partial charge in [0.15, 0.2) is 15.9 Å². The van der Waals surface area contributed by atoms with Crippen molar-refractivity contribution in [3.05, 3.63) is 15.1 Å². The van der Waals surface area contributed by atoms with Crippen LogP contribution in [0.25, 0.3) is 11.2 Å². The lowest BCUT2D eigenvalue weighted by Gasteiger charge is -2.28. The molecule has 2 aromatic heterocycles. The molecule has 1 aliphatic heterocycles. The smallest absolute Gasteiger partial charge is 0.331 e. The lowest BCUT2D eigenvalue weighted by atomic mass is 10.1. The van der Waals surface area contributed by atoms with Gasteiger partial charge in [0.25, 0.3) is 5.56 Å². The van der Waals surface area contributed by atoms with E-state index in [0.717, 1.165) is 51.4 Å². The van der Waals surface area contributed by atoms with Crippen LogP contribution in [0.5, 0.6) is 0 Å². The summed E-state index contributed by atoms with van der Waals surface area (Å²) in [5, 5.41) is 0. The SMILES string of the molecule is CCCCCCCC(CCC)P(=O)(O)O[C@@H]1C[C@H](n2c(Br)nc3c(=O)[nH]c(N)nc32)OC1COC(CC)CCC. The van der Waals surface area contributed by atoms with Crippen molar-refractivity contribution in [1.82, 2.24) is 19.5 Å². The van der Waals surface area contributed by atoms with Gasteiger partial charge in [-0.3, -0.25) is 18.9 Å². The first-order chi connectivity index (χ1) is 19.1. The van der Waals surface area contributed by atoms with Gasteiger partial charge in [-0.05, 0) is 41.6 Å². The maximum atomic E-state index is 13.7. The number of hydrogen-bond donors (Lipinski definition) is 3. The number of hydrogen-bond acceptors (Lipinski definition) is 8. The van der Waals surface area contributed by atoms with Crippen molar-refractivity contribution in [1.29, 1.82) is 0 Å². The average molecular weight is 649 g/mol. The molecule has 13 heteroatoms. The third kappa shape index (κ3) is 8.61. The zero-order chi connectivity index (χ0) is 29.3. The van der Waals surface area contributed by atoms with E-state index in [1.54, 1.807) is 4.57 Å². The van der Waals surface area contributed by atoms with Crippen molar-refractivity contribution in [3.63, 3.8) is 0 Å².